The predicted molar refractivity (Wildman–Crippen MR) is 60.2 cm³/mol. The summed E-state index contributed by atoms with van der Waals surface area (Å²) in [6, 6.07) is 2.42. The lowest BCUT2D eigenvalue weighted by Crippen LogP contribution is -2.52. The number of nitriles is 1. The molecule has 0 saturated heterocycles. The van der Waals surface area contributed by atoms with Gasteiger partial charge in [0, 0.05) is 6.54 Å². The summed E-state index contributed by atoms with van der Waals surface area (Å²) in [6.45, 7) is 7.24. The number of nitrogens with one attached hydrogen (secondary N) is 1. The van der Waals surface area contributed by atoms with Gasteiger partial charge in [0.05, 0.1) is 12.7 Å². The first kappa shape index (κ1) is 12.5. The van der Waals surface area contributed by atoms with Crippen LogP contribution >= 0.6 is 0 Å². The number of aliphatic hydroxyl groups excluding tert-OH is 1. The van der Waals surface area contributed by atoms with E-state index in [0.717, 1.165) is 12.8 Å². The van der Waals surface area contributed by atoms with Crippen LogP contribution in [-0.2, 0) is 0 Å². The Morgan fingerprint density at radius 3 is 2.60 bits per heavy atom. The molecule has 1 rings (SSSR count). The van der Waals surface area contributed by atoms with Crippen molar-refractivity contribution in [2.24, 2.45) is 11.3 Å². The minimum atomic E-state index is -0.427. The smallest absolute Gasteiger partial charge is 0.107 e. The molecule has 0 aromatic carbocycles. The molecule has 1 aliphatic carbocycles. The number of hydrogen-bond donors (Lipinski definition) is 2. The summed E-state index contributed by atoms with van der Waals surface area (Å²) in [7, 11) is 0. The van der Waals surface area contributed by atoms with Gasteiger partial charge in [0.1, 0.15) is 5.54 Å². The van der Waals surface area contributed by atoms with Crippen LogP contribution in [0.15, 0.2) is 0 Å². The van der Waals surface area contributed by atoms with E-state index in [-0.39, 0.29) is 12.0 Å². The first-order valence-electron chi connectivity index (χ1n) is 5.70. The Kier molecular flexibility index (Phi) is 3.75. The highest BCUT2D eigenvalue weighted by molar-refractivity contribution is 5.12. The van der Waals surface area contributed by atoms with Crippen molar-refractivity contribution in [3.63, 3.8) is 0 Å². The summed E-state index contributed by atoms with van der Waals surface area (Å²) in [5.41, 5.74) is -0.209. The second-order valence-electron chi connectivity index (χ2n) is 5.70. The van der Waals surface area contributed by atoms with Crippen LogP contribution in [-0.4, -0.2) is 23.8 Å². The largest absolute Gasteiger partial charge is 0.395 e. The van der Waals surface area contributed by atoms with E-state index in [1.165, 1.54) is 6.42 Å². The average Bonchev–Trinajstić information content (AvgIpc) is 2.11. The Labute approximate surface area is 92.5 Å². The molecule has 0 aromatic heterocycles. The molecule has 0 heterocycles. The van der Waals surface area contributed by atoms with E-state index >= 15 is 0 Å². The van der Waals surface area contributed by atoms with Crippen LogP contribution in [0.5, 0.6) is 0 Å². The zero-order chi connectivity index (χ0) is 11.5. The fourth-order valence-electron chi connectivity index (χ4n) is 3.13. The van der Waals surface area contributed by atoms with Gasteiger partial charge in [-0.05, 0) is 30.6 Å². The Morgan fingerprint density at radius 1 is 1.47 bits per heavy atom. The van der Waals surface area contributed by atoms with E-state index in [1.54, 1.807) is 0 Å². The molecule has 3 nitrogen and oxygen atoms in total. The number of rotatable bonds is 3. The van der Waals surface area contributed by atoms with Gasteiger partial charge in [-0.2, -0.15) is 5.26 Å². The highest BCUT2D eigenvalue weighted by Gasteiger charge is 2.42. The zero-order valence-electron chi connectivity index (χ0n) is 10.0. The number of hydrogen-bond acceptors (Lipinski definition) is 3. The summed E-state index contributed by atoms with van der Waals surface area (Å²) < 4.78 is 0. The van der Waals surface area contributed by atoms with E-state index in [0.29, 0.717) is 12.5 Å². The van der Waals surface area contributed by atoms with Crippen molar-refractivity contribution in [1.82, 2.24) is 5.32 Å². The quantitative estimate of drug-likeness (QED) is 0.745. The molecular weight excluding hydrogens is 188 g/mol. The predicted octanol–water partition coefficient (Wildman–Crippen LogP) is 1.68. The minimum absolute atomic E-state index is 0.0955. The van der Waals surface area contributed by atoms with Crippen LogP contribution < -0.4 is 5.32 Å². The molecule has 86 valence electrons. The summed E-state index contributed by atoms with van der Waals surface area (Å²) in [6.07, 6.45) is 2.95. The van der Waals surface area contributed by atoms with Crippen LogP contribution in [0, 0.1) is 22.7 Å². The highest BCUT2D eigenvalue weighted by Crippen LogP contribution is 2.43. The maximum atomic E-state index is 9.32. The van der Waals surface area contributed by atoms with Crippen molar-refractivity contribution in [2.75, 3.05) is 13.2 Å². The molecule has 1 saturated carbocycles. The summed E-state index contributed by atoms with van der Waals surface area (Å²) in [4.78, 5) is 0. The SMILES string of the molecule is CC1CC(C)(C)CC(C#N)(NCCO)C1. The summed E-state index contributed by atoms with van der Waals surface area (Å²) >= 11 is 0. The third kappa shape index (κ3) is 3.19. The normalized spacial score (nSPS) is 34.7. The van der Waals surface area contributed by atoms with Gasteiger partial charge in [-0.1, -0.05) is 20.8 Å². The number of β-amino-alcohol motifs (C(OH)–C–C–N with tert-alkyl or cyclic N) is 1. The van der Waals surface area contributed by atoms with Crippen molar-refractivity contribution in [2.45, 2.75) is 45.6 Å². The molecule has 0 aliphatic heterocycles. The second kappa shape index (κ2) is 4.51. The zero-order valence-corrected chi connectivity index (χ0v) is 10.0. The molecule has 0 aromatic rings. The van der Waals surface area contributed by atoms with Gasteiger partial charge in [-0.15, -0.1) is 0 Å². The Hall–Kier alpha value is -0.590. The van der Waals surface area contributed by atoms with Crippen molar-refractivity contribution in [3.8, 4) is 6.07 Å². The van der Waals surface area contributed by atoms with Gasteiger partial charge < -0.3 is 5.11 Å². The first-order valence-corrected chi connectivity index (χ1v) is 5.70. The van der Waals surface area contributed by atoms with Crippen LogP contribution in [0.1, 0.15) is 40.0 Å². The van der Waals surface area contributed by atoms with Crippen molar-refractivity contribution < 1.29 is 5.11 Å². The minimum Gasteiger partial charge on any atom is -0.395 e. The lowest BCUT2D eigenvalue weighted by molar-refractivity contribution is 0.110. The van der Waals surface area contributed by atoms with E-state index in [1.807, 2.05) is 0 Å². The molecular formula is C12H22N2O. The van der Waals surface area contributed by atoms with E-state index in [2.05, 4.69) is 32.2 Å². The fourth-order valence-corrected chi connectivity index (χ4v) is 3.13. The monoisotopic (exact) mass is 210 g/mol. The Balaban J connectivity index is 2.76. The van der Waals surface area contributed by atoms with E-state index in [4.69, 9.17) is 5.11 Å². The van der Waals surface area contributed by atoms with Gasteiger partial charge in [0.25, 0.3) is 0 Å². The topological polar surface area (TPSA) is 56.0 Å². The van der Waals surface area contributed by atoms with Crippen molar-refractivity contribution in [1.29, 1.82) is 5.26 Å². The molecule has 0 amide bonds. The maximum absolute atomic E-state index is 9.32. The van der Waals surface area contributed by atoms with E-state index < -0.39 is 5.54 Å². The molecule has 2 atom stereocenters. The lowest BCUT2D eigenvalue weighted by Gasteiger charge is -2.44. The Bertz CT molecular complexity index is 257. The van der Waals surface area contributed by atoms with Gasteiger partial charge >= 0.3 is 0 Å². The molecule has 0 spiro atoms. The molecule has 1 aliphatic rings. The highest BCUT2D eigenvalue weighted by atomic mass is 16.3. The van der Waals surface area contributed by atoms with Gasteiger partial charge in [-0.25, -0.2) is 0 Å². The standard InChI is InChI=1S/C12H22N2O/c1-10-6-11(2,3)8-12(7-10,9-13)14-4-5-15/h10,14-15H,4-8H2,1-3H3. The van der Waals surface area contributed by atoms with Crippen LogP contribution in [0.25, 0.3) is 0 Å². The van der Waals surface area contributed by atoms with Gasteiger partial charge in [0.15, 0.2) is 0 Å². The third-order valence-electron chi connectivity index (χ3n) is 3.17. The number of nitrogens with zero attached hydrogens (tertiary/aromatic N) is 1. The summed E-state index contributed by atoms with van der Waals surface area (Å²) in [5, 5.41) is 21.4. The van der Waals surface area contributed by atoms with Crippen LogP contribution in [0.3, 0.4) is 0 Å². The fraction of sp³-hybridized carbons (Fsp3) is 0.917. The molecule has 3 heteroatoms. The third-order valence-corrected chi connectivity index (χ3v) is 3.17. The number of aliphatic hydroxyl groups is 1. The molecule has 0 bridgehead atoms. The van der Waals surface area contributed by atoms with Gasteiger partial charge in [0.2, 0.25) is 0 Å². The lowest BCUT2D eigenvalue weighted by atomic mass is 9.65. The first-order chi connectivity index (χ1) is 6.93. The van der Waals surface area contributed by atoms with Gasteiger partial charge in [-0.3, -0.25) is 5.32 Å². The van der Waals surface area contributed by atoms with Crippen LogP contribution in [0.4, 0.5) is 0 Å². The molecule has 1 fully saturated rings. The maximum Gasteiger partial charge on any atom is 0.107 e. The molecule has 0 radical (unpaired) electrons. The molecule has 2 unspecified atom stereocenters. The second-order valence-corrected chi connectivity index (χ2v) is 5.70. The van der Waals surface area contributed by atoms with Crippen LogP contribution in [0.2, 0.25) is 0 Å². The summed E-state index contributed by atoms with van der Waals surface area (Å²) in [5.74, 6) is 0.569. The van der Waals surface area contributed by atoms with E-state index in [9.17, 15) is 5.26 Å². The Morgan fingerprint density at radius 2 is 2.13 bits per heavy atom. The average molecular weight is 210 g/mol. The molecule has 2 N–H and O–H groups in total. The van der Waals surface area contributed by atoms with Crippen molar-refractivity contribution in [3.05, 3.63) is 0 Å². The van der Waals surface area contributed by atoms with Crippen molar-refractivity contribution >= 4 is 0 Å². The molecule has 15 heavy (non-hydrogen) atoms.